The fourth-order valence-corrected chi connectivity index (χ4v) is 0. The fourth-order valence-electron chi connectivity index (χ4n) is 0. The summed E-state index contributed by atoms with van der Waals surface area (Å²) in [7, 11) is 0. The third-order valence-electron chi connectivity index (χ3n) is 0. The molecular formula is H8Cl7Na. The van der Waals surface area contributed by atoms with Gasteiger partial charge in [0, 0.05) is 0 Å². The Labute approximate surface area is 115 Å². The van der Waals surface area contributed by atoms with Gasteiger partial charge in [-0.05, 0) is 0 Å². The zero-order chi connectivity index (χ0) is 0. The van der Waals surface area contributed by atoms with Gasteiger partial charge < -0.3 is 0 Å². The van der Waals surface area contributed by atoms with Crippen LogP contribution in [-0.2, 0) is 0 Å². The Morgan fingerprint density at radius 1 is 0.250 bits per heavy atom. The molecule has 8 heteroatoms. The van der Waals surface area contributed by atoms with Gasteiger partial charge in [0.25, 0.3) is 0 Å². The first-order chi connectivity index (χ1) is 0. The van der Waals surface area contributed by atoms with Crippen molar-refractivity contribution >= 4 is 116 Å². The summed E-state index contributed by atoms with van der Waals surface area (Å²) in [5.41, 5.74) is 0. The van der Waals surface area contributed by atoms with E-state index in [-0.39, 0.29) is 116 Å². The van der Waals surface area contributed by atoms with E-state index in [4.69, 9.17) is 0 Å². The van der Waals surface area contributed by atoms with Gasteiger partial charge >= 0.3 is 29.6 Å². The predicted molar refractivity (Wildman–Crippen MR) is 57.9 cm³/mol. The molecule has 0 rings (SSSR count). The van der Waals surface area contributed by atoms with E-state index in [1.54, 1.807) is 0 Å². The van der Waals surface area contributed by atoms with Crippen molar-refractivity contribution < 1.29 is 0 Å². The molecule has 0 saturated carbocycles. The maximum atomic E-state index is 0. The van der Waals surface area contributed by atoms with Gasteiger partial charge in [0.15, 0.2) is 0 Å². The molecule has 0 amide bonds. The summed E-state index contributed by atoms with van der Waals surface area (Å²) >= 11 is 0. The van der Waals surface area contributed by atoms with Crippen LogP contribution in [0.2, 0.25) is 0 Å². The van der Waals surface area contributed by atoms with Crippen molar-refractivity contribution in [3.8, 4) is 0 Å². The Bertz CT molecular complexity index is 4.35. The third-order valence-corrected chi connectivity index (χ3v) is 0. The summed E-state index contributed by atoms with van der Waals surface area (Å²) in [6.45, 7) is 0. The van der Waals surface area contributed by atoms with Crippen LogP contribution in [0.15, 0.2) is 0 Å². The molecule has 0 spiro atoms. The fraction of sp³-hybridized carbons (Fsp3) is 0. The molecule has 0 heterocycles. The van der Waals surface area contributed by atoms with Crippen molar-refractivity contribution in [2.45, 2.75) is 0 Å². The Hall–Kier alpha value is 3.03. The van der Waals surface area contributed by atoms with Crippen molar-refractivity contribution in [1.82, 2.24) is 0 Å². The molecule has 0 unspecified atom stereocenters. The second-order valence-corrected chi connectivity index (χ2v) is 0. The van der Waals surface area contributed by atoms with Crippen molar-refractivity contribution in [2.24, 2.45) is 0 Å². The van der Waals surface area contributed by atoms with E-state index >= 15 is 0 Å². The summed E-state index contributed by atoms with van der Waals surface area (Å²) in [6.07, 6.45) is 0. The van der Waals surface area contributed by atoms with Crippen molar-refractivity contribution in [2.75, 3.05) is 0 Å². The van der Waals surface area contributed by atoms with Gasteiger partial charge in [0.1, 0.15) is 0 Å². The molecule has 0 aromatic rings. The molecule has 0 N–H and O–H groups in total. The monoisotopic (exact) mass is 276 g/mol. The van der Waals surface area contributed by atoms with Crippen LogP contribution in [0.1, 0.15) is 0 Å². The van der Waals surface area contributed by atoms with Gasteiger partial charge in [-0.1, -0.05) is 0 Å². The average molecular weight is 279 g/mol. The van der Waals surface area contributed by atoms with E-state index in [1.165, 1.54) is 0 Å². The van der Waals surface area contributed by atoms with E-state index < -0.39 is 0 Å². The second-order valence-electron chi connectivity index (χ2n) is 0. The van der Waals surface area contributed by atoms with E-state index in [1.807, 2.05) is 0 Å². The quantitative estimate of drug-likeness (QED) is 0.597. The first kappa shape index (κ1) is 121. The third kappa shape index (κ3) is 63.4. The number of halogens is 7. The Kier molecular flexibility index (Phi) is 1350. The first-order valence-electron chi connectivity index (χ1n) is 0. The molecule has 0 aromatic carbocycles. The zero-order valence-corrected chi connectivity index (χ0v) is 8.57. The standard InChI is InChI=1S/7ClH.Na.H/h7*1H;;. The van der Waals surface area contributed by atoms with Gasteiger partial charge in [-0.3, -0.25) is 0 Å². The molecule has 0 aliphatic carbocycles. The number of hydrogen-bond acceptors (Lipinski definition) is 0. The van der Waals surface area contributed by atoms with E-state index in [0.29, 0.717) is 0 Å². The molecule has 0 aromatic heterocycles. The number of hydrogen-bond donors (Lipinski definition) is 0. The SMILES string of the molecule is Cl.Cl.Cl.Cl.Cl.Cl.Cl.[NaH]. The molecule has 58 valence electrons. The van der Waals surface area contributed by atoms with Crippen molar-refractivity contribution in [3.63, 3.8) is 0 Å². The van der Waals surface area contributed by atoms with Gasteiger partial charge in [-0.15, -0.1) is 86.8 Å². The van der Waals surface area contributed by atoms with Crippen molar-refractivity contribution in [1.29, 1.82) is 0 Å². The second kappa shape index (κ2) is 89.1. The van der Waals surface area contributed by atoms with Crippen LogP contribution in [-0.4, -0.2) is 29.6 Å². The molecule has 0 nitrogen and oxygen atoms in total. The van der Waals surface area contributed by atoms with Crippen LogP contribution < -0.4 is 0 Å². The molecule has 0 fully saturated rings. The van der Waals surface area contributed by atoms with Gasteiger partial charge in [-0.25, -0.2) is 0 Å². The van der Waals surface area contributed by atoms with E-state index in [9.17, 15) is 0 Å². The summed E-state index contributed by atoms with van der Waals surface area (Å²) in [4.78, 5) is 0. The van der Waals surface area contributed by atoms with Crippen LogP contribution in [0.5, 0.6) is 0 Å². The zero-order valence-electron chi connectivity index (χ0n) is 2.86. The molecule has 0 radical (unpaired) electrons. The maximum absolute atomic E-state index is 0. The summed E-state index contributed by atoms with van der Waals surface area (Å²) in [5, 5.41) is 0. The number of rotatable bonds is 0. The summed E-state index contributed by atoms with van der Waals surface area (Å²) < 4.78 is 0. The van der Waals surface area contributed by atoms with Crippen LogP contribution in [0.4, 0.5) is 0 Å². The topological polar surface area (TPSA) is 0 Å². The summed E-state index contributed by atoms with van der Waals surface area (Å²) in [5.74, 6) is 0. The molecule has 0 atom stereocenters. The van der Waals surface area contributed by atoms with Crippen LogP contribution in [0, 0.1) is 0 Å². The molecule has 0 aliphatic heterocycles. The van der Waals surface area contributed by atoms with Crippen LogP contribution in [0.25, 0.3) is 0 Å². The molecular weight excluding hydrogens is 271 g/mol. The summed E-state index contributed by atoms with van der Waals surface area (Å²) in [6, 6.07) is 0. The van der Waals surface area contributed by atoms with Gasteiger partial charge in [0.05, 0.1) is 0 Å². The Morgan fingerprint density at radius 3 is 0.250 bits per heavy atom. The normalized spacial score (nSPS) is 0. The molecule has 0 aliphatic rings. The van der Waals surface area contributed by atoms with E-state index in [2.05, 4.69) is 0 Å². The van der Waals surface area contributed by atoms with Gasteiger partial charge in [-0.2, -0.15) is 0 Å². The Morgan fingerprint density at radius 2 is 0.250 bits per heavy atom. The Balaban J connectivity index is 0. The minimum atomic E-state index is 0. The van der Waals surface area contributed by atoms with Crippen LogP contribution in [0.3, 0.4) is 0 Å². The van der Waals surface area contributed by atoms with Crippen LogP contribution >= 0.6 is 86.8 Å². The first-order valence-corrected chi connectivity index (χ1v) is 0. The minimum absolute atomic E-state index is 0. The molecule has 8 heavy (non-hydrogen) atoms. The average Bonchev–Trinajstić information content (AvgIpc) is 0. The molecule has 0 bridgehead atoms. The van der Waals surface area contributed by atoms with Crippen molar-refractivity contribution in [3.05, 3.63) is 0 Å². The predicted octanol–water partition coefficient (Wildman–Crippen LogP) is 2.30. The van der Waals surface area contributed by atoms with Gasteiger partial charge in [0.2, 0.25) is 0 Å². The molecule has 0 saturated heterocycles. The van der Waals surface area contributed by atoms with E-state index in [0.717, 1.165) is 0 Å².